The number of carbonyl (C=O) groups excluding carboxylic acids is 4. The normalized spacial score (nSPS) is 21.8. The summed E-state index contributed by atoms with van der Waals surface area (Å²) < 4.78 is 78.6. The molecule has 2 aromatic heterocycles. The van der Waals surface area contributed by atoms with Gasteiger partial charge in [-0.15, -0.1) is 0 Å². The Bertz CT molecular complexity index is 2460. The Hall–Kier alpha value is -4.69. The molecule has 5 heterocycles. The average Bonchev–Trinajstić information content (AvgIpc) is 3.99. The molecule has 400 valence electrons. The Balaban J connectivity index is 0.679. The number of hydrogen-bond donors (Lipinski definition) is 9. The quantitative estimate of drug-likeness (QED) is 0.0182. The second kappa shape index (κ2) is 27.6. The van der Waals surface area contributed by atoms with Gasteiger partial charge in [-0.1, -0.05) is 6.07 Å². The van der Waals surface area contributed by atoms with Crippen LogP contribution in [-0.4, -0.2) is 198 Å². The van der Waals surface area contributed by atoms with E-state index in [4.69, 9.17) is 48.2 Å². The number of nitrogens with zero attached hydrogens (tertiary/aromatic N) is 4. The number of H-pyrrole nitrogens is 1. The van der Waals surface area contributed by atoms with E-state index in [2.05, 4.69) is 35.0 Å². The number of piperidine rings is 1. The summed E-state index contributed by atoms with van der Waals surface area (Å²) in [5, 5.41) is 28.1. The number of aliphatic hydroxyl groups excluding tert-OH is 2. The van der Waals surface area contributed by atoms with Crippen LogP contribution in [0.15, 0.2) is 29.3 Å². The lowest BCUT2D eigenvalue weighted by atomic mass is 10.0. The largest absolute Gasteiger partial charge is 0.480 e. The van der Waals surface area contributed by atoms with E-state index in [1.165, 1.54) is 4.90 Å². The fourth-order valence-corrected chi connectivity index (χ4v) is 9.59. The standard InChI is InChI=1S/C40H59N9O21P2/c41-40-46-35-32(37(55)47-40)42-24-49(35)39-34(53)33(52)29(69-39)23-68-72(59,60)70-71(57,58)43-7-9-62-11-13-64-15-17-66-19-21-67-20-18-65-16-14-63-12-10-61-8-6-31(51)44-27-3-1-2-25-26(27)22-48(38(25)56)28-4-5-30(50)45-36(28)54/h1-3,24,28-29,33-34,39,52-53H,4-23H2,(H,44,51)(H,59,60)(H2,43,57,58)(H,45,50,54)(H3,41,46,47,55). The van der Waals surface area contributed by atoms with Gasteiger partial charge < -0.3 is 73.8 Å². The zero-order valence-electron chi connectivity index (χ0n) is 38.8. The highest BCUT2D eigenvalue weighted by Crippen LogP contribution is 2.58. The van der Waals surface area contributed by atoms with E-state index in [0.29, 0.717) is 69.7 Å². The molecule has 7 unspecified atom stereocenters. The van der Waals surface area contributed by atoms with Crippen LogP contribution < -0.4 is 27.0 Å². The number of anilines is 2. The van der Waals surface area contributed by atoms with Crippen LogP contribution in [0.5, 0.6) is 0 Å². The number of phosphoric acid groups is 1. The number of nitrogens with one attached hydrogen (secondary N) is 4. The Kier molecular flexibility index (Phi) is 21.7. The van der Waals surface area contributed by atoms with Crippen molar-refractivity contribution in [3.8, 4) is 0 Å². The average molecular weight is 1060 g/mol. The molecule has 72 heavy (non-hydrogen) atoms. The fourth-order valence-electron chi connectivity index (χ4n) is 7.35. The molecule has 0 bridgehead atoms. The van der Waals surface area contributed by atoms with Crippen molar-refractivity contribution >= 4 is 62.0 Å². The van der Waals surface area contributed by atoms with Crippen LogP contribution in [-0.2, 0) is 76.8 Å². The molecule has 32 heteroatoms. The zero-order valence-corrected chi connectivity index (χ0v) is 40.6. The van der Waals surface area contributed by atoms with E-state index in [-0.39, 0.29) is 107 Å². The number of nitrogens with two attached hydrogens (primary N) is 1. The lowest BCUT2D eigenvalue weighted by molar-refractivity contribution is -0.137. The number of imide groups is 1. The van der Waals surface area contributed by atoms with Crippen molar-refractivity contribution in [3.63, 3.8) is 0 Å². The van der Waals surface area contributed by atoms with Gasteiger partial charge in [0.2, 0.25) is 23.7 Å². The first-order valence-corrected chi connectivity index (χ1v) is 25.7. The highest BCUT2D eigenvalue weighted by Gasteiger charge is 2.46. The molecule has 1 aromatic carbocycles. The van der Waals surface area contributed by atoms with E-state index in [1.807, 2.05) is 0 Å². The molecule has 0 radical (unpaired) electrons. The molecule has 7 atom stereocenters. The van der Waals surface area contributed by atoms with E-state index in [0.717, 1.165) is 10.9 Å². The molecular formula is C40H59N9O21P2. The topological polar surface area (TPSA) is 405 Å². The third kappa shape index (κ3) is 16.7. The van der Waals surface area contributed by atoms with Crippen LogP contribution in [0.2, 0.25) is 0 Å². The van der Waals surface area contributed by atoms with E-state index in [1.54, 1.807) is 18.2 Å². The maximum absolute atomic E-state index is 13.0. The van der Waals surface area contributed by atoms with Crippen molar-refractivity contribution in [1.82, 2.24) is 34.8 Å². The molecule has 3 aliphatic heterocycles. The molecule has 0 saturated carbocycles. The summed E-state index contributed by atoms with van der Waals surface area (Å²) >= 11 is 0. The van der Waals surface area contributed by atoms with Gasteiger partial charge in [0.15, 0.2) is 17.4 Å². The molecule has 2 saturated heterocycles. The Morgan fingerprint density at radius 2 is 1.44 bits per heavy atom. The van der Waals surface area contributed by atoms with Gasteiger partial charge in [-0.25, -0.2) is 19.2 Å². The Labute approximate surface area is 410 Å². The van der Waals surface area contributed by atoms with Crippen molar-refractivity contribution in [3.05, 3.63) is 46.0 Å². The van der Waals surface area contributed by atoms with Crippen LogP contribution in [0, 0.1) is 0 Å². The lowest BCUT2D eigenvalue weighted by Crippen LogP contribution is -2.52. The summed E-state index contributed by atoms with van der Waals surface area (Å²) in [5.74, 6) is -1.74. The van der Waals surface area contributed by atoms with Crippen molar-refractivity contribution < 1.29 is 95.0 Å². The van der Waals surface area contributed by atoms with Gasteiger partial charge in [-0.3, -0.25) is 43.4 Å². The second-order valence-electron chi connectivity index (χ2n) is 15.9. The third-order valence-electron chi connectivity index (χ3n) is 10.8. The Morgan fingerprint density at radius 1 is 0.847 bits per heavy atom. The van der Waals surface area contributed by atoms with Crippen molar-refractivity contribution in [1.29, 1.82) is 0 Å². The van der Waals surface area contributed by atoms with E-state index >= 15 is 0 Å². The van der Waals surface area contributed by atoms with Gasteiger partial charge in [0.1, 0.15) is 24.4 Å². The molecule has 3 aliphatic rings. The van der Waals surface area contributed by atoms with E-state index < -0.39 is 64.2 Å². The van der Waals surface area contributed by atoms with Gasteiger partial charge in [-0.2, -0.15) is 9.29 Å². The number of amides is 4. The first kappa shape index (κ1) is 56.6. The summed E-state index contributed by atoms with van der Waals surface area (Å²) in [7, 11) is -10.1. The fraction of sp³-hybridized carbons (Fsp3) is 0.625. The number of fused-ring (bicyclic) bond motifs is 2. The number of rotatable bonds is 33. The van der Waals surface area contributed by atoms with Gasteiger partial charge in [0.25, 0.3) is 11.5 Å². The summed E-state index contributed by atoms with van der Waals surface area (Å²) in [6.45, 7) is 2.57. The summed E-state index contributed by atoms with van der Waals surface area (Å²) in [6.07, 6.45) is -4.51. The number of aromatic nitrogens is 4. The highest BCUT2D eigenvalue weighted by atomic mass is 31.3. The zero-order chi connectivity index (χ0) is 51.7. The number of benzene rings is 1. The number of hydrogen-bond acceptors (Lipinski definition) is 22. The lowest BCUT2D eigenvalue weighted by Gasteiger charge is -2.29. The Morgan fingerprint density at radius 3 is 2.06 bits per heavy atom. The molecule has 0 spiro atoms. The third-order valence-corrected chi connectivity index (χ3v) is 13.6. The monoisotopic (exact) mass is 1060 g/mol. The predicted octanol–water partition coefficient (Wildman–Crippen LogP) is -1.95. The smallest absolute Gasteiger partial charge is 0.387 e. The maximum Gasteiger partial charge on any atom is 0.480 e. The minimum absolute atomic E-state index is 0.0675. The van der Waals surface area contributed by atoms with Crippen molar-refractivity contribution in [2.24, 2.45) is 0 Å². The van der Waals surface area contributed by atoms with E-state index in [9.17, 15) is 53.1 Å². The minimum atomic E-state index is -5.22. The van der Waals surface area contributed by atoms with Gasteiger partial charge in [-0.05, 0) is 18.6 Å². The van der Waals surface area contributed by atoms with Crippen molar-refractivity contribution in [2.75, 3.05) is 117 Å². The van der Waals surface area contributed by atoms with Gasteiger partial charge >= 0.3 is 15.6 Å². The second-order valence-corrected chi connectivity index (χ2v) is 19.1. The van der Waals surface area contributed by atoms with Crippen LogP contribution in [0.3, 0.4) is 0 Å². The van der Waals surface area contributed by atoms with Crippen molar-refractivity contribution in [2.45, 2.75) is 56.4 Å². The highest BCUT2D eigenvalue weighted by molar-refractivity contribution is 7.62. The van der Waals surface area contributed by atoms with Crippen LogP contribution >= 0.6 is 15.6 Å². The summed E-state index contributed by atoms with van der Waals surface area (Å²) in [5.41, 5.74) is 6.23. The number of ether oxygens (including phenoxy) is 8. The molecule has 3 aromatic rings. The maximum atomic E-state index is 13.0. The molecule has 6 rings (SSSR count). The number of carbonyl (C=O) groups is 4. The SMILES string of the molecule is Nc1nc2c(ncn2C2OC(COP(=O)(O)OP(=O)(O)NCCOCCOCCOCCOCCOCCOCCOCCC(=O)Nc3cccc4c3CN(C3CCC(=O)NC3=O)C4=O)C(O)C2O)c(=O)[nH]1. The molecule has 30 nitrogen and oxygen atoms in total. The summed E-state index contributed by atoms with van der Waals surface area (Å²) in [6, 6.07) is 4.25. The molecule has 2 fully saturated rings. The number of imidazole rings is 1. The molecule has 4 amide bonds. The molecular weight excluding hydrogens is 1000 g/mol. The number of nitrogen functional groups attached to an aromatic ring is 1. The summed E-state index contributed by atoms with van der Waals surface area (Å²) in [4.78, 5) is 93.1. The van der Waals surface area contributed by atoms with Crippen LogP contribution in [0.1, 0.15) is 41.4 Å². The predicted molar refractivity (Wildman–Crippen MR) is 245 cm³/mol. The van der Waals surface area contributed by atoms with Gasteiger partial charge in [0, 0.05) is 36.3 Å². The number of aromatic amines is 1. The number of phosphoric ester groups is 1. The minimum Gasteiger partial charge on any atom is -0.387 e. The molecule has 0 aliphatic carbocycles. The first-order chi connectivity index (χ1) is 34.5. The first-order valence-electron chi connectivity index (χ1n) is 22.6. The van der Waals surface area contributed by atoms with Crippen LogP contribution in [0.25, 0.3) is 11.2 Å². The van der Waals surface area contributed by atoms with Crippen LogP contribution in [0.4, 0.5) is 11.6 Å². The van der Waals surface area contributed by atoms with Gasteiger partial charge in [0.05, 0.1) is 112 Å². The molecule has 10 N–H and O–H groups in total. The number of aliphatic hydroxyl groups is 2.